The molecule has 0 saturated carbocycles. The molecule has 0 spiro atoms. The summed E-state index contributed by atoms with van der Waals surface area (Å²) >= 11 is 1.71. The Morgan fingerprint density at radius 1 is 1.16 bits per heavy atom. The van der Waals surface area contributed by atoms with E-state index in [1.165, 1.54) is 4.90 Å². The number of pyridine rings is 1. The van der Waals surface area contributed by atoms with Crippen LogP contribution in [0.3, 0.4) is 0 Å². The summed E-state index contributed by atoms with van der Waals surface area (Å²) in [5.74, 6) is 0.811. The summed E-state index contributed by atoms with van der Waals surface area (Å²) in [7, 11) is 0. The van der Waals surface area contributed by atoms with Crippen LogP contribution in [0, 0.1) is 0 Å². The number of nitrogens with two attached hydrogens (primary N) is 1. The van der Waals surface area contributed by atoms with Gasteiger partial charge in [-0.15, -0.1) is 11.8 Å². The van der Waals surface area contributed by atoms with Crippen LogP contribution < -0.4 is 10.5 Å². The smallest absolute Gasteiger partial charge is 0.155 e. The highest BCUT2D eigenvalue weighted by atomic mass is 32.2. The third kappa shape index (κ3) is 3.72. The molecule has 0 aliphatic carbocycles. The maximum absolute atomic E-state index is 6.00. The summed E-state index contributed by atoms with van der Waals surface area (Å²) in [5, 5.41) is 0. The number of thioether (sulfide) groups is 1. The van der Waals surface area contributed by atoms with Crippen LogP contribution in [-0.2, 0) is 0 Å². The summed E-state index contributed by atoms with van der Waals surface area (Å²) in [4.78, 5) is 5.53. The van der Waals surface area contributed by atoms with Crippen LogP contribution in [0.15, 0.2) is 53.6 Å². The molecule has 1 aromatic carbocycles. The third-order valence-electron chi connectivity index (χ3n) is 2.78. The predicted octanol–water partition coefficient (Wildman–Crippen LogP) is 3.27. The van der Waals surface area contributed by atoms with Crippen LogP contribution in [0.5, 0.6) is 5.75 Å². The lowest BCUT2D eigenvalue weighted by atomic mass is 10.1. The predicted molar refractivity (Wildman–Crippen MR) is 79.5 cm³/mol. The lowest BCUT2D eigenvalue weighted by Crippen LogP contribution is -2.29. The Labute approximate surface area is 118 Å². The molecule has 4 heteroatoms. The first-order chi connectivity index (χ1) is 9.20. The molecule has 0 aliphatic rings. The van der Waals surface area contributed by atoms with E-state index in [2.05, 4.69) is 11.2 Å². The van der Waals surface area contributed by atoms with Crippen molar-refractivity contribution in [2.75, 3.05) is 6.26 Å². The second-order valence-corrected chi connectivity index (χ2v) is 5.21. The van der Waals surface area contributed by atoms with Gasteiger partial charge in [-0.1, -0.05) is 6.07 Å². The van der Waals surface area contributed by atoms with Crippen LogP contribution >= 0.6 is 11.8 Å². The number of rotatable bonds is 5. The summed E-state index contributed by atoms with van der Waals surface area (Å²) in [5.41, 5.74) is 6.86. The van der Waals surface area contributed by atoms with E-state index in [4.69, 9.17) is 10.5 Å². The third-order valence-corrected chi connectivity index (χ3v) is 3.52. The van der Waals surface area contributed by atoms with Crippen LogP contribution in [0.2, 0.25) is 0 Å². The molecule has 0 aliphatic heterocycles. The first-order valence-electron chi connectivity index (χ1n) is 6.18. The van der Waals surface area contributed by atoms with Crippen molar-refractivity contribution in [3.8, 4) is 5.75 Å². The minimum Gasteiger partial charge on any atom is -0.483 e. The molecule has 3 nitrogen and oxygen atoms in total. The molecule has 2 N–H and O–H groups in total. The summed E-state index contributed by atoms with van der Waals surface area (Å²) in [6, 6.07) is 13.6. The molecule has 0 amide bonds. The molecule has 100 valence electrons. The Balaban J connectivity index is 2.17. The van der Waals surface area contributed by atoms with E-state index < -0.39 is 0 Å². The largest absolute Gasteiger partial charge is 0.483 e. The van der Waals surface area contributed by atoms with Gasteiger partial charge in [0.2, 0.25) is 0 Å². The van der Waals surface area contributed by atoms with Gasteiger partial charge in [0.05, 0.1) is 5.69 Å². The molecule has 2 unspecified atom stereocenters. The SMILES string of the molecule is CSc1ccc(OC(c2ccccn2)C(C)N)cc1. The molecule has 0 radical (unpaired) electrons. The first kappa shape index (κ1) is 13.9. The highest BCUT2D eigenvalue weighted by Crippen LogP contribution is 2.25. The van der Waals surface area contributed by atoms with E-state index in [1.54, 1.807) is 18.0 Å². The van der Waals surface area contributed by atoms with Crippen LogP contribution in [-0.4, -0.2) is 17.3 Å². The van der Waals surface area contributed by atoms with Crippen molar-refractivity contribution in [3.05, 3.63) is 54.4 Å². The molecule has 2 rings (SSSR count). The van der Waals surface area contributed by atoms with Gasteiger partial charge in [-0.3, -0.25) is 4.98 Å². The van der Waals surface area contributed by atoms with E-state index in [-0.39, 0.29) is 12.1 Å². The van der Waals surface area contributed by atoms with E-state index in [1.807, 2.05) is 49.4 Å². The van der Waals surface area contributed by atoms with E-state index in [0.717, 1.165) is 11.4 Å². The van der Waals surface area contributed by atoms with Gasteiger partial charge < -0.3 is 10.5 Å². The van der Waals surface area contributed by atoms with Crippen LogP contribution in [0.1, 0.15) is 18.7 Å². The van der Waals surface area contributed by atoms with Crippen molar-refractivity contribution in [1.29, 1.82) is 0 Å². The molecule has 0 bridgehead atoms. The van der Waals surface area contributed by atoms with Gasteiger partial charge in [-0.25, -0.2) is 0 Å². The number of nitrogens with zero attached hydrogens (tertiary/aromatic N) is 1. The Morgan fingerprint density at radius 3 is 2.42 bits per heavy atom. The van der Waals surface area contributed by atoms with Crippen molar-refractivity contribution in [1.82, 2.24) is 4.98 Å². The highest BCUT2D eigenvalue weighted by molar-refractivity contribution is 7.98. The molecule has 1 heterocycles. The van der Waals surface area contributed by atoms with Crippen molar-refractivity contribution in [3.63, 3.8) is 0 Å². The molecule has 19 heavy (non-hydrogen) atoms. The van der Waals surface area contributed by atoms with Gasteiger partial charge in [0.15, 0.2) is 6.10 Å². The fourth-order valence-corrected chi connectivity index (χ4v) is 2.19. The van der Waals surface area contributed by atoms with Crippen molar-refractivity contribution >= 4 is 11.8 Å². The molecule has 2 aromatic rings. The molecule has 0 fully saturated rings. The van der Waals surface area contributed by atoms with Crippen molar-refractivity contribution in [2.45, 2.75) is 24.0 Å². The van der Waals surface area contributed by atoms with Gasteiger partial charge in [0, 0.05) is 17.1 Å². The Hall–Kier alpha value is -1.52. The van der Waals surface area contributed by atoms with Gasteiger partial charge in [0.25, 0.3) is 0 Å². The number of hydrogen-bond acceptors (Lipinski definition) is 4. The highest BCUT2D eigenvalue weighted by Gasteiger charge is 2.19. The topological polar surface area (TPSA) is 48.1 Å². The van der Waals surface area contributed by atoms with Gasteiger partial charge >= 0.3 is 0 Å². The van der Waals surface area contributed by atoms with Crippen molar-refractivity contribution < 1.29 is 4.74 Å². The first-order valence-corrected chi connectivity index (χ1v) is 7.40. The number of hydrogen-bond donors (Lipinski definition) is 1. The van der Waals surface area contributed by atoms with E-state index in [0.29, 0.717) is 0 Å². The zero-order valence-electron chi connectivity index (χ0n) is 11.1. The summed E-state index contributed by atoms with van der Waals surface area (Å²) in [6.45, 7) is 1.93. The second-order valence-electron chi connectivity index (χ2n) is 4.33. The number of aromatic nitrogens is 1. The van der Waals surface area contributed by atoms with Crippen LogP contribution in [0.4, 0.5) is 0 Å². The van der Waals surface area contributed by atoms with Gasteiger partial charge in [0.1, 0.15) is 5.75 Å². The Morgan fingerprint density at radius 2 is 1.89 bits per heavy atom. The average molecular weight is 274 g/mol. The van der Waals surface area contributed by atoms with Crippen molar-refractivity contribution in [2.24, 2.45) is 5.73 Å². The number of benzene rings is 1. The zero-order valence-corrected chi connectivity index (χ0v) is 11.9. The lowest BCUT2D eigenvalue weighted by molar-refractivity contribution is 0.175. The monoisotopic (exact) mass is 274 g/mol. The maximum Gasteiger partial charge on any atom is 0.155 e. The fraction of sp³-hybridized carbons (Fsp3) is 0.267. The zero-order chi connectivity index (χ0) is 13.7. The molecular formula is C15H18N2OS. The van der Waals surface area contributed by atoms with Gasteiger partial charge in [-0.05, 0) is 49.6 Å². The molecular weight excluding hydrogens is 256 g/mol. The standard InChI is InChI=1S/C15H18N2OS/c1-11(16)15(14-5-3-4-10-17-14)18-12-6-8-13(19-2)9-7-12/h3-11,15H,16H2,1-2H3. The summed E-state index contributed by atoms with van der Waals surface area (Å²) < 4.78 is 5.96. The molecule has 1 aromatic heterocycles. The Bertz CT molecular complexity index is 499. The average Bonchev–Trinajstić information content (AvgIpc) is 2.46. The van der Waals surface area contributed by atoms with E-state index >= 15 is 0 Å². The fourth-order valence-electron chi connectivity index (χ4n) is 1.78. The normalized spacial score (nSPS) is 13.8. The second kappa shape index (κ2) is 6.59. The van der Waals surface area contributed by atoms with Crippen LogP contribution in [0.25, 0.3) is 0 Å². The molecule has 0 saturated heterocycles. The molecule has 2 atom stereocenters. The van der Waals surface area contributed by atoms with Gasteiger partial charge in [-0.2, -0.15) is 0 Å². The number of ether oxygens (including phenoxy) is 1. The quantitative estimate of drug-likeness (QED) is 0.850. The lowest BCUT2D eigenvalue weighted by Gasteiger charge is -2.22. The summed E-state index contributed by atoms with van der Waals surface area (Å²) in [6.07, 6.45) is 3.57. The van der Waals surface area contributed by atoms with E-state index in [9.17, 15) is 0 Å². The maximum atomic E-state index is 6.00. The minimum absolute atomic E-state index is 0.130. The Kier molecular flexibility index (Phi) is 4.82. The minimum atomic E-state index is -0.235.